The van der Waals surface area contributed by atoms with Crippen molar-refractivity contribution in [3.8, 4) is 0 Å². The monoisotopic (exact) mass is 316 g/mol. The van der Waals surface area contributed by atoms with E-state index in [0.717, 1.165) is 24.0 Å². The molecule has 114 valence electrons. The van der Waals surface area contributed by atoms with Crippen LogP contribution in [0.1, 0.15) is 34.5 Å². The van der Waals surface area contributed by atoms with Crippen molar-refractivity contribution in [2.45, 2.75) is 32.7 Å². The average molecular weight is 317 g/mol. The Kier molecular flexibility index (Phi) is 3.98. The van der Waals surface area contributed by atoms with Crippen LogP contribution in [0.4, 0.5) is 11.5 Å². The number of rotatable bonds is 4. The second kappa shape index (κ2) is 5.93. The number of hydrogen-bond donors (Lipinski definition) is 2. The number of benzene rings is 1. The third-order valence-electron chi connectivity index (χ3n) is 3.50. The van der Waals surface area contributed by atoms with E-state index in [1.54, 1.807) is 6.07 Å². The summed E-state index contributed by atoms with van der Waals surface area (Å²) in [5, 5.41) is 6.60. The number of halogens is 1. The summed E-state index contributed by atoms with van der Waals surface area (Å²) in [7, 11) is 0. The quantitative estimate of drug-likeness (QED) is 0.905. The third-order valence-corrected chi connectivity index (χ3v) is 3.80. The summed E-state index contributed by atoms with van der Waals surface area (Å²) in [5.74, 6) is 0.379. The van der Waals surface area contributed by atoms with Crippen molar-refractivity contribution in [2.24, 2.45) is 0 Å². The van der Waals surface area contributed by atoms with Gasteiger partial charge in [-0.2, -0.15) is 0 Å². The van der Waals surface area contributed by atoms with Crippen molar-refractivity contribution in [1.29, 1.82) is 0 Å². The van der Waals surface area contributed by atoms with Gasteiger partial charge >= 0.3 is 0 Å². The van der Waals surface area contributed by atoms with Gasteiger partial charge in [0.1, 0.15) is 17.8 Å². The number of aromatic nitrogens is 2. The van der Waals surface area contributed by atoms with E-state index in [-0.39, 0.29) is 5.91 Å². The number of amides is 1. The summed E-state index contributed by atoms with van der Waals surface area (Å²) < 4.78 is 0. The third kappa shape index (κ3) is 3.36. The minimum atomic E-state index is -0.296. The molecule has 0 saturated heterocycles. The predicted molar refractivity (Wildman–Crippen MR) is 87.6 cm³/mol. The Bertz CT molecular complexity index is 705. The normalized spacial score (nSPS) is 13.8. The molecule has 1 saturated carbocycles. The zero-order valence-electron chi connectivity index (χ0n) is 12.5. The number of carbonyl (C=O) groups is 1. The first-order chi connectivity index (χ1) is 10.5. The van der Waals surface area contributed by atoms with Gasteiger partial charge in [-0.3, -0.25) is 4.79 Å². The number of nitrogens with one attached hydrogen (secondary N) is 2. The molecule has 0 bridgehead atoms. The maximum Gasteiger partial charge on any atom is 0.274 e. The molecule has 1 aliphatic rings. The Morgan fingerprint density at radius 3 is 2.68 bits per heavy atom. The summed E-state index contributed by atoms with van der Waals surface area (Å²) in [6.45, 7) is 3.87. The van der Waals surface area contributed by atoms with Crippen LogP contribution in [-0.2, 0) is 0 Å². The number of nitrogens with zero attached hydrogens (tertiary/aromatic N) is 2. The molecule has 1 aromatic heterocycles. The van der Waals surface area contributed by atoms with Gasteiger partial charge in [0.05, 0.1) is 10.7 Å². The van der Waals surface area contributed by atoms with E-state index in [9.17, 15) is 4.79 Å². The molecular formula is C16H17ClN4O. The van der Waals surface area contributed by atoms with Gasteiger partial charge in [0.2, 0.25) is 0 Å². The lowest BCUT2D eigenvalue weighted by Crippen LogP contribution is -2.16. The standard InChI is InChI=1S/C16H17ClN4O/c1-9-5-10(2)15(12(17)6-9)21-16(22)13-7-14(19-8-18-13)20-11-3-4-11/h5-8,11H,3-4H2,1-2H3,(H,21,22)(H,18,19,20). The Labute approximate surface area is 134 Å². The molecule has 0 spiro atoms. The van der Waals surface area contributed by atoms with Crippen LogP contribution in [0.15, 0.2) is 24.5 Å². The largest absolute Gasteiger partial charge is 0.367 e. The predicted octanol–water partition coefficient (Wildman–Crippen LogP) is 3.57. The molecule has 22 heavy (non-hydrogen) atoms. The lowest BCUT2D eigenvalue weighted by Gasteiger charge is -2.11. The molecule has 5 nitrogen and oxygen atoms in total. The van der Waals surface area contributed by atoms with E-state index in [4.69, 9.17) is 11.6 Å². The highest BCUT2D eigenvalue weighted by atomic mass is 35.5. The van der Waals surface area contributed by atoms with Crippen molar-refractivity contribution in [3.63, 3.8) is 0 Å². The average Bonchev–Trinajstić information content (AvgIpc) is 3.27. The van der Waals surface area contributed by atoms with Crippen LogP contribution in [0.2, 0.25) is 5.02 Å². The summed E-state index contributed by atoms with van der Waals surface area (Å²) in [6.07, 6.45) is 3.68. The zero-order valence-corrected chi connectivity index (χ0v) is 13.2. The fourth-order valence-electron chi connectivity index (χ4n) is 2.25. The second-order valence-electron chi connectivity index (χ2n) is 5.60. The molecule has 1 fully saturated rings. The van der Waals surface area contributed by atoms with Gasteiger partial charge in [-0.05, 0) is 43.9 Å². The SMILES string of the molecule is Cc1cc(C)c(NC(=O)c2cc(NC3CC3)ncn2)c(Cl)c1. The molecule has 1 heterocycles. The maximum atomic E-state index is 12.4. The van der Waals surface area contributed by atoms with Crippen LogP contribution < -0.4 is 10.6 Å². The number of hydrogen-bond acceptors (Lipinski definition) is 4. The molecule has 0 aliphatic heterocycles. The molecule has 3 rings (SSSR count). The van der Waals surface area contributed by atoms with Crippen molar-refractivity contribution < 1.29 is 4.79 Å². The second-order valence-corrected chi connectivity index (χ2v) is 6.01. The lowest BCUT2D eigenvalue weighted by molar-refractivity contribution is 0.102. The van der Waals surface area contributed by atoms with E-state index >= 15 is 0 Å². The molecule has 1 amide bonds. The Balaban J connectivity index is 1.79. The first kappa shape index (κ1) is 14.8. The summed E-state index contributed by atoms with van der Waals surface area (Å²) >= 11 is 6.21. The topological polar surface area (TPSA) is 66.9 Å². The summed E-state index contributed by atoms with van der Waals surface area (Å²) in [5.41, 5.74) is 2.91. The van der Waals surface area contributed by atoms with Gasteiger partial charge in [0.15, 0.2) is 0 Å². The van der Waals surface area contributed by atoms with Gasteiger partial charge in [-0.15, -0.1) is 0 Å². The summed E-state index contributed by atoms with van der Waals surface area (Å²) in [6, 6.07) is 5.93. The van der Waals surface area contributed by atoms with Crippen LogP contribution in [0.5, 0.6) is 0 Å². The van der Waals surface area contributed by atoms with Gasteiger partial charge in [-0.25, -0.2) is 9.97 Å². The molecule has 6 heteroatoms. The van der Waals surface area contributed by atoms with Crippen molar-refractivity contribution in [1.82, 2.24) is 9.97 Å². The molecule has 0 unspecified atom stereocenters. The smallest absolute Gasteiger partial charge is 0.274 e. The van der Waals surface area contributed by atoms with Crippen LogP contribution in [0.3, 0.4) is 0 Å². The van der Waals surface area contributed by atoms with Crippen LogP contribution in [0.25, 0.3) is 0 Å². The van der Waals surface area contributed by atoms with Crippen molar-refractivity contribution in [3.05, 3.63) is 46.4 Å². The fourth-order valence-corrected chi connectivity index (χ4v) is 2.62. The fraction of sp³-hybridized carbons (Fsp3) is 0.312. The van der Waals surface area contributed by atoms with Gasteiger partial charge < -0.3 is 10.6 Å². The maximum absolute atomic E-state index is 12.4. The molecule has 0 atom stereocenters. The molecule has 0 radical (unpaired) electrons. The molecule has 1 aromatic carbocycles. The van der Waals surface area contributed by atoms with Gasteiger partial charge in [0, 0.05) is 12.1 Å². The van der Waals surface area contributed by atoms with Gasteiger partial charge in [-0.1, -0.05) is 17.7 Å². The molecular weight excluding hydrogens is 300 g/mol. The van der Waals surface area contributed by atoms with Crippen LogP contribution >= 0.6 is 11.6 Å². The van der Waals surface area contributed by atoms with E-state index in [1.807, 2.05) is 26.0 Å². The first-order valence-corrected chi connectivity index (χ1v) is 7.57. The van der Waals surface area contributed by atoms with Crippen molar-refractivity contribution in [2.75, 3.05) is 10.6 Å². The highest BCUT2D eigenvalue weighted by Crippen LogP contribution is 2.28. The summed E-state index contributed by atoms with van der Waals surface area (Å²) in [4.78, 5) is 20.5. The highest BCUT2D eigenvalue weighted by Gasteiger charge is 2.22. The van der Waals surface area contributed by atoms with Crippen LogP contribution in [0, 0.1) is 13.8 Å². The number of carbonyl (C=O) groups excluding carboxylic acids is 1. The Hall–Kier alpha value is -2.14. The molecule has 2 N–H and O–H groups in total. The minimum absolute atomic E-state index is 0.296. The van der Waals surface area contributed by atoms with Crippen LogP contribution in [-0.4, -0.2) is 21.9 Å². The van der Waals surface area contributed by atoms with E-state index in [0.29, 0.717) is 28.3 Å². The number of anilines is 2. The van der Waals surface area contributed by atoms with E-state index in [1.165, 1.54) is 6.33 Å². The van der Waals surface area contributed by atoms with Gasteiger partial charge in [0.25, 0.3) is 5.91 Å². The first-order valence-electron chi connectivity index (χ1n) is 7.19. The Morgan fingerprint density at radius 1 is 1.23 bits per heavy atom. The lowest BCUT2D eigenvalue weighted by atomic mass is 10.1. The molecule has 1 aliphatic carbocycles. The number of aryl methyl sites for hydroxylation is 2. The minimum Gasteiger partial charge on any atom is -0.367 e. The molecule has 2 aromatic rings. The van der Waals surface area contributed by atoms with E-state index in [2.05, 4.69) is 20.6 Å². The Morgan fingerprint density at radius 2 is 2.00 bits per heavy atom. The highest BCUT2D eigenvalue weighted by molar-refractivity contribution is 6.34. The van der Waals surface area contributed by atoms with Crippen molar-refractivity contribution >= 4 is 29.0 Å². The van der Waals surface area contributed by atoms with E-state index < -0.39 is 0 Å². The zero-order chi connectivity index (χ0) is 15.7.